The maximum atomic E-state index is 14.0. The first-order chi connectivity index (χ1) is 19.8. The number of methoxy groups -OCH3 is 3. The Morgan fingerprint density at radius 2 is 1.78 bits per heavy atom. The molecule has 0 saturated heterocycles. The first kappa shape index (κ1) is 26.3. The van der Waals surface area contributed by atoms with Crippen molar-refractivity contribution in [2.24, 2.45) is 4.99 Å². The minimum atomic E-state index is -0.695. The van der Waals surface area contributed by atoms with Gasteiger partial charge in [0.05, 0.1) is 42.5 Å². The van der Waals surface area contributed by atoms with Gasteiger partial charge in [0.15, 0.2) is 22.0 Å². The van der Waals surface area contributed by atoms with Gasteiger partial charge in [-0.1, -0.05) is 41.7 Å². The highest BCUT2D eigenvalue weighted by atomic mass is 32.1. The molecular formula is C30H25N3O7S. The number of benzene rings is 3. The van der Waals surface area contributed by atoms with Crippen LogP contribution in [-0.4, -0.2) is 35.9 Å². The molecule has 1 aliphatic heterocycles. The van der Waals surface area contributed by atoms with Crippen molar-refractivity contribution < 1.29 is 24.2 Å². The van der Waals surface area contributed by atoms with Gasteiger partial charge >= 0.3 is 5.69 Å². The van der Waals surface area contributed by atoms with Gasteiger partial charge in [-0.15, -0.1) is 0 Å². The number of aryl methyl sites for hydroxylation is 1. The quantitative estimate of drug-likeness (QED) is 0.274. The zero-order valence-electron chi connectivity index (χ0n) is 22.4. The smallest absolute Gasteiger partial charge is 0.315 e. The van der Waals surface area contributed by atoms with Crippen LogP contribution in [-0.2, 0) is 6.42 Å². The van der Waals surface area contributed by atoms with Crippen LogP contribution in [0.15, 0.2) is 70.0 Å². The van der Waals surface area contributed by atoms with Gasteiger partial charge in [0, 0.05) is 11.6 Å². The summed E-state index contributed by atoms with van der Waals surface area (Å²) in [7, 11) is 4.45. The maximum Gasteiger partial charge on any atom is 0.315 e. The second-order valence-corrected chi connectivity index (χ2v) is 10.6. The summed E-state index contributed by atoms with van der Waals surface area (Å²) < 4.78 is 18.2. The first-order valence-electron chi connectivity index (χ1n) is 12.7. The maximum absolute atomic E-state index is 14.0. The summed E-state index contributed by atoms with van der Waals surface area (Å²) in [5.74, 6) is 0.491. The Bertz CT molecular complexity index is 1940. The largest absolute Gasteiger partial charge is 0.500 e. The average Bonchev–Trinajstić information content (AvgIpc) is 3.30. The van der Waals surface area contributed by atoms with E-state index in [1.807, 2.05) is 30.3 Å². The number of ether oxygens (including phenoxy) is 3. The molecule has 2 aliphatic rings. The van der Waals surface area contributed by atoms with Crippen LogP contribution in [0.25, 0.3) is 11.8 Å². The molecule has 0 unspecified atom stereocenters. The Labute approximate surface area is 237 Å². The zero-order valence-corrected chi connectivity index (χ0v) is 23.2. The number of aromatic nitrogens is 1. The number of phenols is 1. The molecule has 1 N–H and O–H groups in total. The van der Waals surface area contributed by atoms with Crippen LogP contribution in [0.4, 0.5) is 5.69 Å². The third-order valence-corrected chi connectivity index (χ3v) is 8.37. The SMILES string of the molecule is COc1ccc([C@@H]2C3=C(N=c4s/c(=C\c5cc(OC)c(O)c([N+](=O)[O-])c5)c(=O)n42)c2ccccc2CC3)cc1OC. The van der Waals surface area contributed by atoms with Crippen molar-refractivity contribution in [1.29, 1.82) is 0 Å². The van der Waals surface area contributed by atoms with Gasteiger partial charge in [0.25, 0.3) is 5.56 Å². The van der Waals surface area contributed by atoms with E-state index in [4.69, 9.17) is 19.2 Å². The molecule has 6 rings (SSSR count). The number of hydrogen-bond donors (Lipinski definition) is 1. The fourth-order valence-electron chi connectivity index (χ4n) is 5.49. The number of nitro groups is 1. The van der Waals surface area contributed by atoms with E-state index in [0.717, 1.165) is 35.2 Å². The molecule has 41 heavy (non-hydrogen) atoms. The number of nitro benzene ring substituents is 1. The van der Waals surface area contributed by atoms with E-state index in [2.05, 4.69) is 12.1 Å². The van der Waals surface area contributed by atoms with Gasteiger partial charge in [0.1, 0.15) is 0 Å². The summed E-state index contributed by atoms with van der Waals surface area (Å²) in [5.41, 5.74) is 4.50. The van der Waals surface area contributed by atoms with E-state index < -0.39 is 22.4 Å². The molecule has 1 atom stereocenters. The summed E-state index contributed by atoms with van der Waals surface area (Å²) in [5, 5.41) is 21.7. The van der Waals surface area contributed by atoms with E-state index in [9.17, 15) is 20.0 Å². The second-order valence-electron chi connectivity index (χ2n) is 9.58. The lowest BCUT2D eigenvalue weighted by molar-refractivity contribution is -0.386. The molecule has 4 aromatic rings. The van der Waals surface area contributed by atoms with Crippen LogP contribution in [0.3, 0.4) is 0 Å². The predicted molar refractivity (Wildman–Crippen MR) is 154 cm³/mol. The number of allylic oxidation sites excluding steroid dienone is 1. The van der Waals surface area contributed by atoms with Crippen molar-refractivity contribution in [1.82, 2.24) is 4.57 Å². The third kappa shape index (κ3) is 4.34. The lowest BCUT2D eigenvalue weighted by Gasteiger charge is -2.31. The predicted octanol–water partition coefficient (Wildman–Crippen LogP) is 3.96. The van der Waals surface area contributed by atoms with Crippen LogP contribution in [0.2, 0.25) is 0 Å². The van der Waals surface area contributed by atoms with Gasteiger partial charge in [-0.2, -0.15) is 0 Å². The Morgan fingerprint density at radius 3 is 2.51 bits per heavy atom. The summed E-state index contributed by atoms with van der Waals surface area (Å²) in [6.07, 6.45) is 3.09. The van der Waals surface area contributed by atoms with Crippen molar-refractivity contribution in [3.05, 3.63) is 112 Å². The monoisotopic (exact) mass is 571 g/mol. The number of hydrogen-bond acceptors (Lipinski definition) is 9. The molecule has 2 heterocycles. The van der Waals surface area contributed by atoms with Gasteiger partial charge in [-0.25, -0.2) is 4.99 Å². The van der Waals surface area contributed by atoms with Crippen LogP contribution in [0, 0.1) is 10.1 Å². The highest BCUT2D eigenvalue weighted by Crippen LogP contribution is 2.43. The molecule has 0 saturated carbocycles. The molecule has 11 heteroatoms. The molecule has 0 amide bonds. The number of thiazole rings is 1. The Kier molecular flexibility index (Phi) is 6.58. The van der Waals surface area contributed by atoms with Crippen LogP contribution < -0.4 is 29.1 Å². The molecule has 3 aromatic carbocycles. The zero-order chi connectivity index (χ0) is 28.8. The lowest BCUT2D eigenvalue weighted by Crippen LogP contribution is -2.38. The highest BCUT2D eigenvalue weighted by Gasteiger charge is 2.33. The van der Waals surface area contributed by atoms with Gasteiger partial charge in [0.2, 0.25) is 5.75 Å². The van der Waals surface area contributed by atoms with E-state index >= 15 is 0 Å². The second kappa shape index (κ2) is 10.3. The molecule has 0 spiro atoms. The number of nitrogens with zero attached hydrogens (tertiary/aromatic N) is 3. The number of rotatable bonds is 6. The average molecular weight is 572 g/mol. The molecule has 1 aromatic heterocycles. The third-order valence-electron chi connectivity index (χ3n) is 7.39. The van der Waals surface area contributed by atoms with Crippen LogP contribution in [0.5, 0.6) is 23.0 Å². The van der Waals surface area contributed by atoms with Crippen molar-refractivity contribution in [2.75, 3.05) is 21.3 Å². The fourth-order valence-corrected chi connectivity index (χ4v) is 6.49. The molecule has 0 bridgehead atoms. The normalized spacial score (nSPS) is 15.9. The Morgan fingerprint density at radius 1 is 1.02 bits per heavy atom. The number of phenolic OH excluding ortho intramolecular Hbond substituents is 1. The topological polar surface area (TPSA) is 125 Å². The standard InChI is InChI=1S/C30H25N3O7S/c1-38-22-11-9-18(15-23(22)39-2)27-20-10-8-17-6-4-5-7-19(17)26(20)31-30-32(27)29(35)25(41-30)14-16-12-21(33(36)37)28(34)24(13-16)40-3/h4-7,9,11-15,27,34H,8,10H2,1-3H3/b25-14-/t27-/m1/s1. The van der Waals surface area contributed by atoms with Gasteiger partial charge in [-0.05, 0) is 59.4 Å². The molecule has 1 aliphatic carbocycles. The Hall–Kier alpha value is -4.90. The van der Waals surface area contributed by atoms with Gasteiger partial charge < -0.3 is 19.3 Å². The Balaban J connectivity index is 1.61. The summed E-state index contributed by atoms with van der Waals surface area (Å²) in [4.78, 5) is 30.4. The summed E-state index contributed by atoms with van der Waals surface area (Å²) in [6.45, 7) is 0. The van der Waals surface area contributed by atoms with E-state index in [1.165, 1.54) is 36.1 Å². The lowest BCUT2D eigenvalue weighted by atomic mass is 9.83. The molecule has 208 valence electrons. The molecule has 0 radical (unpaired) electrons. The molecular weight excluding hydrogens is 546 g/mol. The summed E-state index contributed by atoms with van der Waals surface area (Å²) >= 11 is 1.20. The van der Waals surface area contributed by atoms with E-state index in [-0.39, 0.29) is 11.3 Å². The number of aromatic hydroxyl groups is 1. The molecule has 0 fully saturated rings. The number of fused-ring (bicyclic) bond motifs is 3. The van der Waals surface area contributed by atoms with Crippen LogP contribution in [0.1, 0.15) is 34.7 Å². The minimum Gasteiger partial charge on any atom is -0.500 e. The van der Waals surface area contributed by atoms with Crippen molar-refractivity contribution in [2.45, 2.75) is 18.9 Å². The van der Waals surface area contributed by atoms with Crippen LogP contribution >= 0.6 is 11.3 Å². The van der Waals surface area contributed by atoms with Crippen molar-refractivity contribution in [3.63, 3.8) is 0 Å². The summed E-state index contributed by atoms with van der Waals surface area (Å²) in [6, 6.07) is 16.0. The van der Waals surface area contributed by atoms with Crippen molar-refractivity contribution in [3.8, 4) is 23.0 Å². The first-order valence-corrected chi connectivity index (χ1v) is 13.6. The van der Waals surface area contributed by atoms with E-state index in [1.54, 1.807) is 24.9 Å². The highest BCUT2D eigenvalue weighted by molar-refractivity contribution is 7.07. The van der Waals surface area contributed by atoms with E-state index in [0.29, 0.717) is 26.4 Å². The molecule has 10 nitrogen and oxygen atoms in total. The fraction of sp³-hybridized carbons (Fsp3) is 0.200. The van der Waals surface area contributed by atoms with Gasteiger partial charge in [-0.3, -0.25) is 19.5 Å². The van der Waals surface area contributed by atoms with Crippen molar-refractivity contribution >= 4 is 28.8 Å². The minimum absolute atomic E-state index is 0.0616.